The Bertz CT molecular complexity index is 492. The maximum absolute atomic E-state index is 11.2. The summed E-state index contributed by atoms with van der Waals surface area (Å²) in [5.74, 6) is -1.16. The largest absolute Gasteiger partial charge is 0.481 e. The van der Waals surface area contributed by atoms with E-state index in [9.17, 15) is 9.90 Å². The van der Waals surface area contributed by atoms with E-state index in [1.54, 1.807) is 11.3 Å². The smallest absolute Gasteiger partial charge is 0.312 e. The second kappa shape index (κ2) is 4.76. The molecule has 0 bridgehead atoms. The summed E-state index contributed by atoms with van der Waals surface area (Å²) in [6.45, 7) is 5.77. The topological polar surface area (TPSA) is 62.7 Å². The minimum Gasteiger partial charge on any atom is -0.481 e. The Labute approximate surface area is 116 Å². The lowest BCUT2D eigenvalue weighted by atomic mass is 10.1. The fourth-order valence-electron chi connectivity index (χ4n) is 2.92. The Balaban J connectivity index is 1.84. The molecule has 2 aliphatic rings. The number of nitrogens with zero attached hydrogens (tertiary/aromatic N) is 2. The van der Waals surface area contributed by atoms with E-state index in [2.05, 4.69) is 23.7 Å². The molecule has 6 heteroatoms. The van der Waals surface area contributed by atoms with Gasteiger partial charge in [0.2, 0.25) is 0 Å². The third-order valence-electron chi connectivity index (χ3n) is 3.69. The predicted molar refractivity (Wildman–Crippen MR) is 73.0 cm³/mol. The van der Waals surface area contributed by atoms with E-state index in [0.29, 0.717) is 6.42 Å². The molecular weight excluding hydrogens is 264 g/mol. The zero-order valence-electron chi connectivity index (χ0n) is 11.1. The SMILES string of the molecule is C[C@@H]1CN(c2nc3c(s2)CCC3C(=O)O)C[C@H](C)O1. The van der Waals surface area contributed by atoms with Crippen LogP contribution in [0.15, 0.2) is 0 Å². The van der Waals surface area contributed by atoms with Crippen LogP contribution in [0.4, 0.5) is 5.13 Å². The van der Waals surface area contributed by atoms with Gasteiger partial charge in [-0.25, -0.2) is 4.98 Å². The maximum Gasteiger partial charge on any atom is 0.312 e. The van der Waals surface area contributed by atoms with Crippen LogP contribution in [0.1, 0.15) is 36.8 Å². The predicted octanol–water partition coefficient (Wildman–Crippen LogP) is 1.87. The minimum atomic E-state index is -0.751. The molecule has 0 saturated carbocycles. The van der Waals surface area contributed by atoms with Gasteiger partial charge in [-0.2, -0.15) is 0 Å². The maximum atomic E-state index is 11.2. The molecule has 1 unspecified atom stereocenters. The second-order valence-electron chi connectivity index (χ2n) is 5.40. The number of fused-ring (bicyclic) bond motifs is 1. The summed E-state index contributed by atoms with van der Waals surface area (Å²) in [6.07, 6.45) is 1.93. The standard InChI is InChI=1S/C13H18N2O3S/c1-7-5-15(6-8(2)18-7)13-14-11-9(12(16)17)3-4-10(11)19-13/h7-9H,3-6H2,1-2H3,(H,16,17)/t7-,8+,9?. The zero-order chi connectivity index (χ0) is 13.6. The summed E-state index contributed by atoms with van der Waals surface area (Å²) in [6, 6.07) is 0. The van der Waals surface area contributed by atoms with Crippen LogP contribution in [0, 0.1) is 0 Å². The molecule has 1 N–H and O–H groups in total. The van der Waals surface area contributed by atoms with Crippen LogP contribution in [-0.4, -0.2) is 41.4 Å². The van der Waals surface area contributed by atoms with Crippen LogP contribution >= 0.6 is 11.3 Å². The van der Waals surface area contributed by atoms with E-state index >= 15 is 0 Å². The molecule has 1 fully saturated rings. The number of rotatable bonds is 2. The average Bonchev–Trinajstić information content (AvgIpc) is 2.85. The Morgan fingerprint density at radius 3 is 2.74 bits per heavy atom. The molecule has 2 heterocycles. The van der Waals surface area contributed by atoms with Crippen molar-refractivity contribution in [3.8, 4) is 0 Å². The molecule has 3 rings (SSSR count). The van der Waals surface area contributed by atoms with Crippen molar-refractivity contribution in [2.75, 3.05) is 18.0 Å². The van der Waals surface area contributed by atoms with E-state index in [1.165, 1.54) is 0 Å². The molecule has 1 saturated heterocycles. The molecule has 3 atom stereocenters. The van der Waals surface area contributed by atoms with Gasteiger partial charge in [-0.3, -0.25) is 4.79 Å². The van der Waals surface area contributed by atoms with Gasteiger partial charge in [0.15, 0.2) is 5.13 Å². The molecule has 1 aromatic rings. The van der Waals surface area contributed by atoms with Gasteiger partial charge in [0.05, 0.1) is 17.9 Å². The highest BCUT2D eigenvalue weighted by Gasteiger charge is 2.34. The summed E-state index contributed by atoms with van der Waals surface area (Å²) < 4.78 is 5.72. The molecule has 104 valence electrons. The van der Waals surface area contributed by atoms with Crippen molar-refractivity contribution >= 4 is 22.4 Å². The third kappa shape index (κ3) is 2.34. The van der Waals surface area contributed by atoms with Gasteiger partial charge >= 0.3 is 5.97 Å². The van der Waals surface area contributed by atoms with Crippen molar-refractivity contribution < 1.29 is 14.6 Å². The van der Waals surface area contributed by atoms with E-state index in [1.807, 2.05) is 0 Å². The Hall–Kier alpha value is -1.14. The number of hydrogen-bond donors (Lipinski definition) is 1. The first kappa shape index (κ1) is 12.9. The van der Waals surface area contributed by atoms with Crippen LogP contribution < -0.4 is 4.90 Å². The highest BCUT2D eigenvalue weighted by atomic mass is 32.1. The summed E-state index contributed by atoms with van der Waals surface area (Å²) in [7, 11) is 0. The molecule has 0 amide bonds. The molecular formula is C13H18N2O3S. The Morgan fingerprint density at radius 2 is 2.11 bits per heavy atom. The summed E-state index contributed by atoms with van der Waals surface area (Å²) in [5, 5.41) is 10.2. The number of ether oxygens (including phenoxy) is 1. The lowest BCUT2D eigenvalue weighted by molar-refractivity contribution is -0.138. The normalized spacial score (nSPS) is 30.4. The van der Waals surface area contributed by atoms with Gasteiger partial charge in [0.1, 0.15) is 5.92 Å². The number of thiazole rings is 1. The lowest BCUT2D eigenvalue weighted by Crippen LogP contribution is -2.45. The summed E-state index contributed by atoms with van der Waals surface area (Å²) in [4.78, 5) is 19.1. The fraction of sp³-hybridized carbons (Fsp3) is 0.692. The van der Waals surface area contributed by atoms with Crippen molar-refractivity contribution in [2.24, 2.45) is 0 Å². The molecule has 1 aliphatic heterocycles. The van der Waals surface area contributed by atoms with Crippen molar-refractivity contribution in [2.45, 2.75) is 44.8 Å². The summed E-state index contributed by atoms with van der Waals surface area (Å²) in [5.41, 5.74) is 0.791. The quantitative estimate of drug-likeness (QED) is 0.897. The van der Waals surface area contributed by atoms with Crippen molar-refractivity contribution in [1.82, 2.24) is 4.98 Å². The van der Waals surface area contributed by atoms with E-state index in [-0.39, 0.29) is 12.2 Å². The van der Waals surface area contributed by atoms with Crippen molar-refractivity contribution in [1.29, 1.82) is 0 Å². The molecule has 0 aromatic carbocycles. The van der Waals surface area contributed by atoms with Crippen LogP contribution in [0.2, 0.25) is 0 Å². The number of aromatic nitrogens is 1. The number of carbonyl (C=O) groups is 1. The number of morpholine rings is 1. The first-order valence-corrected chi connectivity index (χ1v) is 7.49. The molecule has 1 aromatic heterocycles. The molecule has 1 aliphatic carbocycles. The van der Waals surface area contributed by atoms with E-state index < -0.39 is 11.9 Å². The van der Waals surface area contributed by atoms with Gasteiger partial charge in [0, 0.05) is 18.0 Å². The number of hydrogen-bond acceptors (Lipinski definition) is 5. The van der Waals surface area contributed by atoms with Gasteiger partial charge < -0.3 is 14.7 Å². The number of anilines is 1. The third-order valence-corrected chi connectivity index (χ3v) is 4.89. The van der Waals surface area contributed by atoms with Gasteiger partial charge in [-0.1, -0.05) is 0 Å². The molecule has 19 heavy (non-hydrogen) atoms. The van der Waals surface area contributed by atoms with Crippen LogP contribution in [0.25, 0.3) is 0 Å². The van der Waals surface area contributed by atoms with E-state index in [0.717, 1.165) is 35.2 Å². The monoisotopic (exact) mass is 282 g/mol. The number of aliphatic carboxylic acids is 1. The van der Waals surface area contributed by atoms with Crippen molar-refractivity contribution in [3.63, 3.8) is 0 Å². The van der Waals surface area contributed by atoms with Gasteiger partial charge in [-0.05, 0) is 26.7 Å². The summed E-state index contributed by atoms with van der Waals surface area (Å²) >= 11 is 1.65. The van der Waals surface area contributed by atoms with Crippen LogP contribution in [0.5, 0.6) is 0 Å². The Kier molecular flexibility index (Phi) is 3.22. The first-order chi connectivity index (χ1) is 9.04. The highest BCUT2D eigenvalue weighted by Crippen LogP contribution is 2.40. The fourth-order valence-corrected chi connectivity index (χ4v) is 4.08. The molecule has 0 spiro atoms. The van der Waals surface area contributed by atoms with E-state index in [4.69, 9.17) is 4.74 Å². The minimum absolute atomic E-state index is 0.192. The van der Waals surface area contributed by atoms with Gasteiger partial charge in [-0.15, -0.1) is 11.3 Å². The second-order valence-corrected chi connectivity index (χ2v) is 6.46. The van der Waals surface area contributed by atoms with Crippen LogP contribution in [0.3, 0.4) is 0 Å². The highest BCUT2D eigenvalue weighted by molar-refractivity contribution is 7.15. The number of aryl methyl sites for hydroxylation is 1. The van der Waals surface area contributed by atoms with Crippen LogP contribution in [-0.2, 0) is 16.0 Å². The lowest BCUT2D eigenvalue weighted by Gasteiger charge is -2.35. The zero-order valence-corrected chi connectivity index (χ0v) is 11.9. The Morgan fingerprint density at radius 1 is 1.42 bits per heavy atom. The average molecular weight is 282 g/mol. The first-order valence-electron chi connectivity index (χ1n) is 6.67. The molecule has 5 nitrogen and oxygen atoms in total. The van der Waals surface area contributed by atoms with Gasteiger partial charge in [0.25, 0.3) is 0 Å². The number of carboxylic acids is 1. The van der Waals surface area contributed by atoms with Crippen molar-refractivity contribution in [3.05, 3.63) is 10.6 Å². The molecule has 0 radical (unpaired) electrons. The number of carboxylic acid groups (broad SMARTS) is 1.